The monoisotopic (exact) mass is 491 g/mol. The molecule has 1 aliphatic rings. The first kappa shape index (κ1) is 25.3. The van der Waals surface area contributed by atoms with Crippen LogP contribution in [0, 0.1) is 6.92 Å². The number of aliphatic hydroxyl groups excluding tert-OH is 1. The molecule has 7 nitrogen and oxygen atoms in total. The van der Waals surface area contributed by atoms with Crippen LogP contribution in [0.2, 0.25) is 0 Å². The molecule has 0 aliphatic carbocycles. The van der Waals surface area contributed by atoms with E-state index in [1.165, 1.54) is 11.8 Å². The third-order valence-corrected chi connectivity index (χ3v) is 6.99. The molecule has 35 heavy (non-hydrogen) atoms. The van der Waals surface area contributed by atoms with Gasteiger partial charge in [0.05, 0.1) is 25.9 Å². The van der Waals surface area contributed by atoms with E-state index in [0.717, 1.165) is 21.6 Å². The summed E-state index contributed by atoms with van der Waals surface area (Å²) in [5.74, 6) is 0. The maximum atomic E-state index is 10.2. The number of hydrogen-bond donors (Lipinski definition) is 1. The third-order valence-electron chi connectivity index (χ3n) is 5.82. The molecule has 1 aliphatic heterocycles. The number of aryl methyl sites for hydroxylation is 1. The standard InChI is InChI=1S/C27H29N3O4S/c1-19-12-14-22(15-13-19)35-27-24(29-30-28)26(33-18-21-10-6-3-7-11-21)25(23(16-31)34-27)32-17-20-8-4-2-5-9-20/h2-15,23-27,31H,16-18H2,1H3/t23-,24-,25+,26-,27?/m1/s1. The molecule has 0 bridgehead atoms. The van der Waals surface area contributed by atoms with E-state index >= 15 is 0 Å². The average molecular weight is 492 g/mol. The van der Waals surface area contributed by atoms with E-state index in [-0.39, 0.29) is 6.61 Å². The van der Waals surface area contributed by atoms with E-state index in [0.29, 0.717) is 13.2 Å². The van der Waals surface area contributed by atoms with Crippen LogP contribution in [-0.2, 0) is 27.4 Å². The molecule has 0 aromatic heterocycles. The van der Waals surface area contributed by atoms with Crippen molar-refractivity contribution < 1.29 is 19.3 Å². The summed E-state index contributed by atoms with van der Waals surface area (Å²) in [6, 6.07) is 26.9. The highest BCUT2D eigenvalue weighted by atomic mass is 32.2. The largest absolute Gasteiger partial charge is 0.394 e. The lowest BCUT2D eigenvalue weighted by Crippen LogP contribution is -2.58. The number of azide groups is 1. The quantitative estimate of drug-likeness (QED) is 0.224. The van der Waals surface area contributed by atoms with E-state index < -0.39 is 29.8 Å². The summed E-state index contributed by atoms with van der Waals surface area (Å²) in [5.41, 5.74) is 12.0. The van der Waals surface area contributed by atoms with Gasteiger partial charge >= 0.3 is 0 Å². The van der Waals surface area contributed by atoms with Gasteiger partial charge < -0.3 is 19.3 Å². The van der Waals surface area contributed by atoms with Crippen LogP contribution in [0.3, 0.4) is 0 Å². The van der Waals surface area contributed by atoms with Crippen molar-refractivity contribution >= 4 is 11.8 Å². The van der Waals surface area contributed by atoms with E-state index in [1.807, 2.05) is 91.9 Å². The van der Waals surface area contributed by atoms with Gasteiger partial charge in [0.25, 0.3) is 0 Å². The Bertz CT molecular complexity index is 1090. The number of ether oxygens (including phenoxy) is 3. The molecule has 1 heterocycles. The molecule has 0 spiro atoms. The predicted octanol–water partition coefficient (Wildman–Crippen LogP) is 5.65. The molecule has 8 heteroatoms. The van der Waals surface area contributed by atoms with Gasteiger partial charge in [-0.1, -0.05) is 95.2 Å². The Balaban J connectivity index is 1.60. The molecule has 1 N–H and O–H groups in total. The highest BCUT2D eigenvalue weighted by Crippen LogP contribution is 2.37. The number of thioether (sulfide) groups is 1. The number of aliphatic hydroxyl groups is 1. The molecule has 3 aromatic carbocycles. The Morgan fingerprint density at radius 3 is 2.00 bits per heavy atom. The zero-order valence-corrected chi connectivity index (χ0v) is 20.3. The van der Waals surface area contributed by atoms with Crippen LogP contribution in [0.25, 0.3) is 10.4 Å². The van der Waals surface area contributed by atoms with Crippen LogP contribution in [0.15, 0.2) is 94.9 Å². The Morgan fingerprint density at radius 1 is 0.886 bits per heavy atom. The van der Waals surface area contributed by atoms with Gasteiger partial charge in [0.2, 0.25) is 0 Å². The molecule has 182 valence electrons. The smallest absolute Gasteiger partial charge is 0.119 e. The highest BCUT2D eigenvalue weighted by molar-refractivity contribution is 7.99. The fourth-order valence-corrected chi connectivity index (χ4v) is 5.10. The molecule has 1 unspecified atom stereocenters. The van der Waals surface area contributed by atoms with Gasteiger partial charge in [-0.25, -0.2) is 0 Å². The van der Waals surface area contributed by atoms with E-state index in [2.05, 4.69) is 10.0 Å². The lowest BCUT2D eigenvalue weighted by molar-refractivity contribution is -0.206. The first-order chi connectivity index (χ1) is 17.2. The Labute approximate surface area is 209 Å². The average Bonchev–Trinajstić information content (AvgIpc) is 2.90. The number of nitrogens with zero attached hydrogens (tertiary/aromatic N) is 3. The SMILES string of the molecule is Cc1ccc(SC2O[C@H](CO)[C@H](OCc3ccccc3)[C@H](OCc3ccccc3)[C@H]2N=[N+]=[N-])cc1. The molecule has 0 radical (unpaired) electrons. The van der Waals surface area contributed by atoms with Gasteiger partial charge in [0.1, 0.15) is 23.7 Å². The molecule has 4 rings (SSSR count). The molecule has 0 saturated carbocycles. The van der Waals surface area contributed by atoms with Crippen molar-refractivity contribution in [1.82, 2.24) is 0 Å². The fourth-order valence-electron chi connectivity index (χ4n) is 4.00. The number of rotatable bonds is 10. The third kappa shape index (κ3) is 6.86. The first-order valence-electron chi connectivity index (χ1n) is 11.5. The van der Waals surface area contributed by atoms with Crippen molar-refractivity contribution in [2.24, 2.45) is 5.11 Å². The minimum Gasteiger partial charge on any atom is -0.394 e. The second kappa shape index (κ2) is 12.7. The molecule has 1 fully saturated rings. The highest BCUT2D eigenvalue weighted by Gasteiger charge is 2.47. The van der Waals surface area contributed by atoms with Gasteiger partial charge in [-0.15, -0.1) is 0 Å². The molecule has 1 saturated heterocycles. The van der Waals surface area contributed by atoms with Gasteiger partial charge in [-0.2, -0.15) is 0 Å². The Kier molecular flexibility index (Phi) is 9.20. The predicted molar refractivity (Wildman–Crippen MR) is 136 cm³/mol. The minimum absolute atomic E-state index is 0.251. The summed E-state index contributed by atoms with van der Waals surface area (Å²) in [6.45, 7) is 2.40. The van der Waals surface area contributed by atoms with Crippen molar-refractivity contribution in [2.45, 2.75) is 54.8 Å². The second-order valence-electron chi connectivity index (χ2n) is 8.37. The van der Waals surface area contributed by atoms with Crippen LogP contribution in [0.4, 0.5) is 0 Å². The summed E-state index contributed by atoms with van der Waals surface area (Å²) in [7, 11) is 0. The van der Waals surface area contributed by atoms with Crippen molar-refractivity contribution in [1.29, 1.82) is 0 Å². The van der Waals surface area contributed by atoms with Crippen LogP contribution >= 0.6 is 11.8 Å². The molecule has 5 atom stereocenters. The maximum absolute atomic E-state index is 10.2. The van der Waals surface area contributed by atoms with E-state index in [4.69, 9.17) is 14.2 Å². The van der Waals surface area contributed by atoms with Gasteiger partial charge in [-0.05, 0) is 35.7 Å². The zero-order valence-electron chi connectivity index (χ0n) is 19.5. The first-order valence-corrected chi connectivity index (χ1v) is 12.4. The van der Waals surface area contributed by atoms with Crippen molar-refractivity contribution in [2.75, 3.05) is 6.61 Å². The van der Waals surface area contributed by atoms with Gasteiger partial charge in [0, 0.05) is 9.81 Å². The maximum Gasteiger partial charge on any atom is 0.119 e. The molecular formula is C27H29N3O4S. The van der Waals surface area contributed by atoms with Crippen LogP contribution in [0.1, 0.15) is 16.7 Å². The Morgan fingerprint density at radius 2 is 1.46 bits per heavy atom. The van der Waals surface area contributed by atoms with E-state index in [9.17, 15) is 10.6 Å². The van der Waals surface area contributed by atoms with Crippen molar-refractivity contribution in [3.05, 3.63) is 112 Å². The topological polar surface area (TPSA) is 96.7 Å². The van der Waals surface area contributed by atoms with Crippen LogP contribution in [0.5, 0.6) is 0 Å². The molecular weight excluding hydrogens is 462 g/mol. The normalized spacial score (nSPS) is 24.0. The zero-order chi connectivity index (χ0) is 24.5. The summed E-state index contributed by atoms with van der Waals surface area (Å²) in [6.07, 6.45) is -1.90. The summed E-state index contributed by atoms with van der Waals surface area (Å²) in [5, 5.41) is 14.3. The van der Waals surface area contributed by atoms with Crippen molar-refractivity contribution in [3.63, 3.8) is 0 Å². The minimum atomic E-state index is -0.668. The lowest BCUT2D eigenvalue weighted by atomic mass is 9.97. The van der Waals surface area contributed by atoms with E-state index in [1.54, 1.807) is 0 Å². The van der Waals surface area contributed by atoms with Gasteiger partial charge in [-0.3, -0.25) is 0 Å². The number of hydrogen-bond acceptors (Lipinski definition) is 6. The van der Waals surface area contributed by atoms with Crippen LogP contribution < -0.4 is 0 Å². The Hall–Kier alpha value is -2.84. The van der Waals surface area contributed by atoms with Gasteiger partial charge in [0.15, 0.2) is 0 Å². The fraction of sp³-hybridized carbons (Fsp3) is 0.333. The summed E-state index contributed by atoms with van der Waals surface area (Å²) < 4.78 is 18.9. The molecule has 3 aromatic rings. The van der Waals surface area contributed by atoms with Crippen molar-refractivity contribution in [3.8, 4) is 0 Å². The summed E-state index contributed by atoms with van der Waals surface area (Å²) in [4.78, 5) is 4.08. The summed E-state index contributed by atoms with van der Waals surface area (Å²) >= 11 is 1.45. The lowest BCUT2D eigenvalue weighted by Gasteiger charge is -2.44. The van der Waals surface area contributed by atoms with Crippen LogP contribution in [-0.4, -0.2) is 41.5 Å². The number of benzene rings is 3. The second-order valence-corrected chi connectivity index (χ2v) is 9.55. The molecule has 0 amide bonds.